The molecule has 3 N–H and O–H groups in total. The van der Waals surface area contributed by atoms with E-state index in [1.54, 1.807) is 0 Å². The molecule has 76 valence electrons. The summed E-state index contributed by atoms with van der Waals surface area (Å²) in [7, 11) is 0. The van der Waals surface area contributed by atoms with Crippen molar-refractivity contribution in [2.24, 2.45) is 11.1 Å². The molecule has 0 bridgehead atoms. The molecule has 0 saturated heterocycles. The third kappa shape index (κ3) is 3.49. The van der Waals surface area contributed by atoms with Crippen LogP contribution in [0.3, 0.4) is 0 Å². The Balaban J connectivity index is 2.53. The molecule has 2 nitrogen and oxygen atoms in total. The van der Waals surface area contributed by atoms with Crippen LogP contribution in [0.2, 0.25) is 0 Å². The van der Waals surface area contributed by atoms with Crippen molar-refractivity contribution in [1.29, 1.82) is 0 Å². The Labute approximate surface area is 81.6 Å². The first-order valence-electron chi connectivity index (χ1n) is 5.19. The molecular formula is C11H22N2. The predicted molar refractivity (Wildman–Crippen MR) is 57.6 cm³/mol. The van der Waals surface area contributed by atoms with E-state index in [9.17, 15) is 0 Å². The molecule has 0 aliphatic carbocycles. The normalized spacial score (nSPS) is 24.3. The van der Waals surface area contributed by atoms with Gasteiger partial charge in [-0.3, -0.25) is 0 Å². The molecule has 0 amide bonds. The number of hydrogen-bond acceptors (Lipinski definition) is 2. The molecule has 1 aliphatic rings. The minimum Gasteiger partial charge on any atom is -0.323 e. The Hall–Kier alpha value is -0.340. The fraction of sp³-hybridized carbons (Fsp3) is 0.818. The first-order valence-corrected chi connectivity index (χ1v) is 5.19. The van der Waals surface area contributed by atoms with Crippen molar-refractivity contribution >= 4 is 0 Å². The van der Waals surface area contributed by atoms with Gasteiger partial charge in [0.15, 0.2) is 0 Å². The Morgan fingerprint density at radius 3 is 2.85 bits per heavy atom. The van der Waals surface area contributed by atoms with Crippen LogP contribution in [0.15, 0.2) is 11.6 Å². The topological polar surface area (TPSA) is 38.0 Å². The molecule has 0 fully saturated rings. The molecular weight excluding hydrogens is 160 g/mol. The van der Waals surface area contributed by atoms with E-state index in [1.807, 2.05) is 0 Å². The molecule has 0 saturated carbocycles. The highest BCUT2D eigenvalue weighted by atomic mass is 14.9. The Morgan fingerprint density at radius 1 is 1.62 bits per heavy atom. The summed E-state index contributed by atoms with van der Waals surface area (Å²) in [5, 5.41) is 3.34. The second kappa shape index (κ2) is 4.25. The van der Waals surface area contributed by atoms with Crippen LogP contribution in [0, 0.1) is 5.41 Å². The molecule has 1 rings (SSSR count). The average molecular weight is 182 g/mol. The summed E-state index contributed by atoms with van der Waals surface area (Å²) in [6, 6.07) is 0.219. The van der Waals surface area contributed by atoms with Crippen molar-refractivity contribution in [3.63, 3.8) is 0 Å². The minimum atomic E-state index is 0.219. The molecule has 1 unspecified atom stereocenters. The standard InChI is InChI=1S/C11H22N2/c1-4-11(2,3)6-9-5-10(12)8-13-7-9/h5,10,13H,4,6-8,12H2,1-3H3. The fourth-order valence-electron chi connectivity index (χ4n) is 1.68. The highest BCUT2D eigenvalue weighted by Crippen LogP contribution is 2.28. The van der Waals surface area contributed by atoms with Gasteiger partial charge in [0, 0.05) is 19.1 Å². The maximum Gasteiger partial charge on any atom is 0.0354 e. The molecule has 13 heavy (non-hydrogen) atoms. The zero-order valence-electron chi connectivity index (χ0n) is 9.06. The van der Waals surface area contributed by atoms with E-state index in [0.717, 1.165) is 13.1 Å². The van der Waals surface area contributed by atoms with E-state index in [2.05, 4.69) is 32.2 Å². The van der Waals surface area contributed by atoms with Gasteiger partial charge in [-0.15, -0.1) is 0 Å². The lowest BCUT2D eigenvalue weighted by atomic mass is 9.82. The van der Waals surface area contributed by atoms with Crippen LogP contribution in [0.1, 0.15) is 33.6 Å². The molecule has 0 spiro atoms. The lowest BCUT2D eigenvalue weighted by Gasteiger charge is -2.27. The van der Waals surface area contributed by atoms with Crippen molar-refractivity contribution < 1.29 is 0 Å². The largest absolute Gasteiger partial charge is 0.323 e. The summed E-state index contributed by atoms with van der Waals surface area (Å²) in [4.78, 5) is 0. The summed E-state index contributed by atoms with van der Waals surface area (Å²) >= 11 is 0. The van der Waals surface area contributed by atoms with Gasteiger partial charge < -0.3 is 11.1 Å². The molecule has 1 heterocycles. The van der Waals surface area contributed by atoms with Gasteiger partial charge in [-0.05, 0) is 11.8 Å². The maximum absolute atomic E-state index is 5.85. The minimum absolute atomic E-state index is 0.219. The van der Waals surface area contributed by atoms with Crippen LogP contribution < -0.4 is 11.1 Å². The van der Waals surface area contributed by atoms with Gasteiger partial charge in [-0.2, -0.15) is 0 Å². The van der Waals surface area contributed by atoms with Crippen LogP contribution in [-0.2, 0) is 0 Å². The monoisotopic (exact) mass is 182 g/mol. The summed E-state index contributed by atoms with van der Waals surface area (Å²) in [6.45, 7) is 8.83. The quantitative estimate of drug-likeness (QED) is 0.652. The lowest BCUT2D eigenvalue weighted by molar-refractivity contribution is 0.341. The van der Waals surface area contributed by atoms with Crippen LogP contribution in [-0.4, -0.2) is 19.1 Å². The first kappa shape index (κ1) is 10.7. The van der Waals surface area contributed by atoms with Crippen molar-refractivity contribution in [1.82, 2.24) is 5.32 Å². The highest BCUT2D eigenvalue weighted by molar-refractivity contribution is 5.14. The van der Waals surface area contributed by atoms with Crippen molar-refractivity contribution in [2.75, 3.05) is 13.1 Å². The molecule has 1 aliphatic heterocycles. The van der Waals surface area contributed by atoms with Crippen molar-refractivity contribution in [2.45, 2.75) is 39.7 Å². The van der Waals surface area contributed by atoms with Gasteiger partial charge in [0.05, 0.1) is 0 Å². The fourth-order valence-corrected chi connectivity index (χ4v) is 1.68. The Bertz CT molecular complexity index is 194. The van der Waals surface area contributed by atoms with E-state index in [0.29, 0.717) is 5.41 Å². The number of rotatable bonds is 3. The molecule has 0 aromatic carbocycles. The van der Waals surface area contributed by atoms with Gasteiger partial charge in [0.1, 0.15) is 0 Å². The zero-order chi connectivity index (χ0) is 9.90. The number of hydrogen-bond donors (Lipinski definition) is 2. The van der Waals surface area contributed by atoms with Crippen molar-refractivity contribution in [3.8, 4) is 0 Å². The molecule has 0 aromatic heterocycles. The van der Waals surface area contributed by atoms with Gasteiger partial charge in [0.2, 0.25) is 0 Å². The first-order chi connectivity index (χ1) is 6.03. The SMILES string of the molecule is CCC(C)(C)CC1=CC(N)CNC1. The number of nitrogens with two attached hydrogens (primary N) is 1. The van der Waals surface area contributed by atoms with E-state index in [4.69, 9.17) is 5.73 Å². The summed E-state index contributed by atoms with van der Waals surface area (Å²) in [5.74, 6) is 0. The Kier molecular flexibility index (Phi) is 3.51. The second-order valence-corrected chi connectivity index (χ2v) is 4.81. The lowest BCUT2D eigenvalue weighted by Crippen LogP contribution is -2.38. The van der Waals surface area contributed by atoms with Crippen LogP contribution in [0.25, 0.3) is 0 Å². The molecule has 2 heteroatoms. The van der Waals surface area contributed by atoms with Crippen LogP contribution in [0.5, 0.6) is 0 Å². The number of nitrogens with one attached hydrogen (secondary N) is 1. The van der Waals surface area contributed by atoms with E-state index in [1.165, 1.54) is 18.4 Å². The third-order valence-electron chi connectivity index (χ3n) is 2.84. The summed E-state index contributed by atoms with van der Waals surface area (Å²) < 4.78 is 0. The molecule has 0 aromatic rings. The van der Waals surface area contributed by atoms with Gasteiger partial charge >= 0.3 is 0 Å². The van der Waals surface area contributed by atoms with Gasteiger partial charge in [0.25, 0.3) is 0 Å². The van der Waals surface area contributed by atoms with Gasteiger partial charge in [-0.25, -0.2) is 0 Å². The zero-order valence-corrected chi connectivity index (χ0v) is 9.06. The maximum atomic E-state index is 5.85. The van der Waals surface area contributed by atoms with Crippen molar-refractivity contribution in [3.05, 3.63) is 11.6 Å². The smallest absolute Gasteiger partial charge is 0.0354 e. The molecule has 0 radical (unpaired) electrons. The van der Waals surface area contributed by atoms with E-state index >= 15 is 0 Å². The third-order valence-corrected chi connectivity index (χ3v) is 2.84. The summed E-state index contributed by atoms with van der Waals surface area (Å²) in [6.07, 6.45) is 4.62. The van der Waals surface area contributed by atoms with E-state index in [-0.39, 0.29) is 6.04 Å². The van der Waals surface area contributed by atoms with E-state index < -0.39 is 0 Å². The Morgan fingerprint density at radius 2 is 2.31 bits per heavy atom. The second-order valence-electron chi connectivity index (χ2n) is 4.81. The summed E-state index contributed by atoms with van der Waals surface area (Å²) in [5.41, 5.74) is 7.75. The molecule has 1 atom stereocenters. The predicted octanol–water partition coefficient (Wildman–Crippen LogP) is 1.67. The van der Waals surface area contributed by atoms with Crippen LogP contribution in [0.4, 0.5) is 0 Å². The highest BCUT2D eigenvalue weighted by Gasteiger charge is 2.19. The van der Waals surface area contributed by atoms with Gasteiger partial charge in [-0.1, -0.05) is 38.8 Å². The van der Waals surface area contributed by atoms with Crippen LogP contribution >= 0.6 is 0 Å². The average Bonchev–Trinajstić information content (AvgIpc) is 2.03.